The Balaban J connectivity index is 1.70. The number of benzene rings is 2. The zero-order valence-corrected chi connectivity index (χ0v) is 18.7. The van der Waals surface area contributed by atoms with Crippen LogP contribution in [0.25, 0.3) is 10.6 Å². The van der Waals surface area contributed by atoms with E-state index in [9.17, 15) is 23.1 Å². The van der Waals surface area contributed by atoms with Crippen LogP contribution in [0.2, 0.25) is 0 Å². The topological polar surface area (TPSA) is 68.7 Å². The highest BCUT2D eigenvalue weighted by Crippen LogP contribution is 2.35. The predicted octanol–water partition coefficient (Wildman–Crippen LogP) is 6.52. The Morgan fingerprint density at radius 1 is 1.12 bits per heavy atom. The number of aliphatic carboxylic acids is 1. The number of hydrogen-bond acceptors (Lipinski definition) is 5. The average Bonchev–Trinajstić information content (AvgIpc) is 3.20. The summed E-state index contributed by atoms with van der Waals surface area (Å²) in [5, 5.41) is 9.82. The minimum Gasteiger partial charge on any atom is -0.485 e. The number of hydrogen-bond donors (Lipinski definition) is 1. The number of thiazole rings is 1. The monoisotopic (exact) mass is 465 g/mol. The lowest BCUT2D eigenvalue weighted by molar-refractivity contribution is -0.152. The molecule has 3 rings (SSSR count). The number of ether oxygens (including phenoxy) is 2. The fraction of sp³-hybridized carbons (Fsp3) is 0.304. The minimum absolute atomic E-state index is 0.350. The Hall–Kier alpha value is -3.07. The zero-order chi connectivity index (χ0) is 23.7. The lowest BCUT2D eigenvalue weighted by Gasteiger charge is -2.23. The van der Waals surface area contributed by atoms with Gasteiger partial charge < -0.3 is 14.6 Å². The van der Waals surface area contributed by atoms with Crippen LogP contribution in [0.15, 0.2) is 48.7 Å². The number of rotatable bonds is 7. The fourth-order valence-electron chi connectivity index (χ4n) is 2.80. The van der Waals surface area contributed by atoms with Crippen molar-refractivity contribution in [1.82, 2.24) is 4.98 Å². The summed E-state index contributed by atoms with van der Waals surface area (Å²) < 4.78 is 49.8. The molecule has 1 aromatic heterocycles. The average molecular weight is 465 g/mol. The highest BCUT2D eigenvalue weighted by Gasteiger charge is 2.31. The number of alkyl halides is 3. The molecule has 0 saturated heterocycles. The number of aromatic nitrogens is 1. The Kier molecular flexibility index (Phi) is 6.50. The number of carboxylic acid groups (broad SMARTS) is 1. The van der Waals surface area contributed by atoms with Gasteiger partial charge in [-0.05, 0) is 63.6 Å². The third kappa shape index (κ3) is 5.40. The summed E-state index contributed by atoms with van der Waals surface area (Å²) in [6, 6.07) is 9.97. The van der Waals surface area contributed by atoms with Crippen LogP contribution in [0.4, 0.5) is 13.2 Å². The molecule has 0 fully saturated rings. The number of carbonyl (C=O) groups is 1. The third-order valence-electron chi connectivity index (χ3n) is 4.72. The number of halogens is 3. The Morgan fingerprint density at radius 3 is 2.34 bits per heavy atom. The summed E-state index contributed by atoms with van der Waals surface area (Å²) in [5.74, 6) is -0.0559. The van der Waals surface area contributed by atoms with Gasteiger partial charge >= 0.3 is 12.1 Å². The first-order chi connectivity index (χ1) is 14.9. The summed E-state index contributed by atoms with van der Waals surface area (Å²) >= 11 is 1.34. The van der Waals surface area contributed by atoms with Crippen molar-refractivity contribution in [2.75, 3.05) is 0 Å². The molecule has 32 heavy (non-hydrogen) atoms. The van der Waals surface area contributed by atoms with Crippen molar-refractivity contribution in [2.24, 2.45) is 0 Å². The van der Waals surface area contributed by atoms with Crippen molar-refractivity contribution >= 4 is 17.3 Å². The number of aryl methyl sites for hydroxylation is 1. The van der Waals surface area contributed by atoms with Crippen LogP contribution >= 0.6 is 11.3 Å². The van der Waals surface area contributed by atoms with Gasteiger partial charge in [-0.2, -0.15) is 13.2 Å². The van der Waals surface area contributed by atoms with Crippen LogP contribution < -0.4 is 9.47 Å². The highest BCUT2D eigenvalue weighted by atomic mass is 32.1. The first kappa shape index (κ1) is 23.6. The van der Waals surface area contributed by atoms with E-state index < -0.39 is 23.3 Å². The SMILES string of the molecule is Cc1cc(OC(C)c2cnc(-c3ccc(C(F)(F)F)cc3)s2)ccc1OC(C)(C)C(=O)O. The van der Waals surface area contributed by atoms with Crippen molar-refractivity contribution in [3.63, 3.8) is 0 Å². The largest absolute Gasteiger partial charge is 0.485 e. The van der Waals surface area contributed by atoms with Crippen molar-refractivity contribution in [3.8, 4) is 22.1 Å². The van der Waals surface area contributed by atoms with E-state index in [-0.39, 0.29) is 6.10 Å². The van der Waals surface area contributed by atoms with Gasteiger partial charge in [0.15, 0.2) is 5.60 Å². The molecule has 0 aliphatic carbocycles. The van der Waals surface area contributed by atoms with Crippen LogP contribution in [0.1, 0.15) is 42.9 Å². The molecule has 1 heterocycles. The second-order valence-electron chi connectivity index (χ2n) is 7.75. The molecule has 5 nitrogen and oxygen atoms in total. The van der Waals surface area contributed by atoms with Crippen LogP contribution in [-0.2, 0) is 11.0 Å². The standard InChI is InChI=1S/C23H22F3NO4S/c1-13-11-17(9-10-18(13)31-22(3,4)21(28)29)30-14(2)19-12-27-20(32-19)15-5-7-16(8-6-15)23(24,25)26/h5-12,14H,1-4H3,(H,28,29). The number of carboxylic acids is 1. The normalized spacial score (nSPS) is 13.0. The molecule has 170 valence electrons. The van der Waals surface area contributed by atoms with Gasteiger partial charge in [0.1, 0.15) is 22.6 Å². The molecule has 0 aliphatic rings. The summed E-state index contributed by atoms with van der Waals surface area (Å²) in [5.41, 5.74) is -0.750. The second kappa shape index (κ2) is 8.82. The quantitative estimate of drug-likeness (QED) is 0.430. The molecule has 1 atom stereocenters. The summed E-state index contributed by atoms with van der Waals surface area (Å²) in [6.45, 7) is 6.58. The Labute approximate surface area is 187 Å². The van der Waals surface area contributed by atoms with Crippen LogP contribution in [-0.4, -0.2) is 21.7 Å². The van der Waals surface area contributed by atoms with E-state index in [0.29, 0.717) is 22.1 Å². The van der Waals surface area contributed by atoms with E-state index in [1.54, 1.807) is 31.3 Å². The molecule has 2 aromatic carbocycles. The Bertz CT molecular complexity index is 1110. The molecule has 0 aliphatic heterocycles. The molecule has 3 aromatic rings. The first-order valence-corrected chi connectivity index (χ1v) is 10.5. The Morgan fingerprint density at radius 2 is 1.78 bits per heavy atom. The van der Waals surface area contributed by atoms with Gasteiger partial charge in [0.25, 0.3) is 0 Å². The van der Waals surface area contributed by atoms with E-state index in [2.05, 4.69) is 4.98 Å². The minimum atomic E-state index is -4.38. The van der Waals surface area contributed by atoms with E-state index in [1.807, 2.05) is 6.92 Å². The summed E-state index contributed by atoms with van der Waals surface area (Å²) in [4.78, 5) is 16.4. The maximum atomic E-state index is 12.7. The van der Waals surface area contributed by atoms with Crippen molar-refractivity contribution in [3.05, 3.63) is 64.7 Å². The maximum Gasteiger partial charge on any atom is 0.416 e. The predicted molar refractivity (Wildman–Crippen MR) is 115 cm³/mol. The second-order valence-corrected chi connectivity index (χ2v) is 8.81. The van der Waals surface area contributed by atoms with Crippen molar-refractivity contribution < 1.29 is 32.5 Å². The van der Waals surface area contributed by atoms with Crippen molar-refractivity contribution in [2.45, 2.75) is 45.6 Å². The van der Waals surface area contributed by atoms with E-state index in [4.69, 9.17) is 9.47 Å². The zero-order valence-electron chi connectivity index (χ0n) is 17.9. The van der Waals surface area contributed by atoms with Crippen LogP contribution in [0.3, 0.4) is 0 Å². The van der Waals surface area contributed by atoms with Gasteiger partial charge in [-0.3, -0.25) is 0 Å². The highest BCUT2D eigenvalue weighted by molar-refractivity contribution is 7.15. The van der Waals surface area contributed by atoms with Gasteiger partial charge in [0.2, 0.25) is 0 Å². The molecule has 9 heteroatoms. The van der Waals surface area contributed by atoms with Gasteiger partial charge in [-0.15, -0.1) is 11.3 Å². The van der Waals surface area contributed by atoms with Crippen molar-refractivity contribution in [1.29, 1.82) is 0 Å². The number of nitrogens with zero attached hydrogens (tertiary/aromatic N) is 1. The molecule has 0 amide bonds. The van der Waals surface area contributed by atoms with Crippen LogP contribution in [0, 0.1) is 6.92 Å². The smallest absolute Gasteiger partial charge is 0.416 e. The van der Waals surface area contributed by atoms with E-state index in [0.717, 1.165) is 22.6 Å². The lowest BCUT2D eigenvalue weighted by atomic mass is 10.1. The fourth-order valence-corrected chi connectivity index (χ4v) is 3.70. The van der Waals surface area contributed by atoms with Gasteiger partial charge in [-0.25, -0.2) is 9.78 Å². The van der Waals surface area contributed by atoms with Gasteiger partial charge in [0.05, 0.1) is 10.4 Å². The van der Waals surface area contributed by atoms with E-state index >= 15 is 0 Å². The summed E-state index contributed by atoms with van der Waals surface area (Å²) in [7, 11) is 0. The first-order valence-electron chi connectivity index (χ1n) is 9.70. The van der Waals surface area contributed by atoms with E-state index in [1.165, 1.54) is 37.3 Å². The molecule has 1 unspecified atom stereocenters. The van der Waals surface area contributed by atoms with Gasteiger partial charge in [0, 0.05) is 11.8 Å². The summed E-state index contributed by atoms with van der Waals surface area (Å²) in [6.07, 6.45) is -3.09. The molecule has 0 spiro atoms. The van der Waals surface area contributed by atoms with Crippen LogP contribution in [0.5, 0.6) is 11.5 Å². The molecular formula is C23H22F3NO4S. The van der Waals surface area contributed by atoms with Gasteiger partial charge in [-0.1, -0.05) is 12.1 Å². The molecule has 0 radical (unpaired) electrons. The third-order valence-corrected chi connectivity index (χ3v) is 5.93. The lowest BCUT2D eigenvalue weighted by Crippen LogP contribution is -2.38. The molecule has 0 saturated carbocycles. The molecule has 0 bridgehead atoms. The molecule has 1 N–H and O–H groups in total. The maximum absolute atomic E-state index is 12.7. The molecular weight excluding hydrogens is 443 g/mol.